The first-order valence-corrected chi connectivity index (χ1v) is 11.1. The fraction of sp³-hybridized carbons (Fsp3) is 0.381. The van der Waals surface area contributed by atoms with Crippen LogP contribution in [0.25, 0.3) is 0 Å². The number of rotatable bonds is 8. The molecule has 1 aliphatic heterocycles. The van der Waals surface area contributed by atoms with Crippen LogP contribution in [0.3, 0.4) is 0 Å². The van der Waals surface area contributed by atoms with Crippen LogP contribution in [0.5, 0.6) is 11.5 Å². The number of carbonyl (C=O) groups excluding carboxylic acids is 1. The van der Waals surface area contributed by atoms with E-state index in [9.17, 15) is 13.2 Å². The number of nitrogens with zero attached hydrogens (tertiary/aromatic N) is 1. The minimum absolute atomic E-state index is 0.0607. The van der Waals surface area contributed by atoms with Gasteiger partial charge in [-0.15, -0.1) is 0 Å². The highest BCUT2D eigenvalue weighted by molar-refractivity contribution is 7.89. The van der Waals surface area contributed by atoms with Crippen LogP contribution in [-0.2, 0) is 21.2 Å². The molecule has 0 aromatic heterocycles. The van der Waals surface area contributed by atoms with Crippen molar-refractivity contribution in [2.45, 2.75) is 11.3 Å². The molecular weight excluding hydrogens is 408 g/mol. The Bertz CT molecular complexity index is 969. The van der Waals surface area contributed by atoms with E-state index in [0.717, 1.165) is 11.3 Å². The van der Waals surface area contributed by atoms with Gasteiger partial charge in [0.25, 0.3) is 5.91 Å². The van der Waals surface area contributed by atoms with Crippen molar-refractivity contribution >= 4 is 15.9 Å². The molecule has 2 aromatic rings. The lowest BCUT2D eigenvalue weighted by atomic mass is 10.1. The van der Waals surface area contributed by atoms with Crippen molar-refractivity contribution in [3.8, 4) is 11.5 Å². The Hall–Kier alpha value is -2.62. The third-order valence-corrected chi connectivity index (χ3v) is 6.78. The first-order chi connectivity index (χ1) is 14.5. The van der Waals surface area contributed by atoms with Gasteiger partial charge in [-0.3, -0.25) is 4.79 Å². The van der Waals surface area contributed by atoms with Gasteiger partial charge in [-0.2, -0.15) is 4.31 Å². The van der Waals surface area contributed by atoms with Crippen LogP contribution >= 0.6 is 0 Å². The SMILES string of the molecule is COc1ccc(CCNC(=O)c2cc(S(=O)(=O)N3CCOCC3)ccc2OC)cc1. The number of amides is 1. The molecule has 0 radical (unpaired) electrons. The van der Waals surface area contributed by atoms with Crippen molar-refractivity contribution in [2.24, 2.45) is 0 Å². The molecule has 0 atom stereocenters. The molecule has 30 heavy (non-hydrogen) atoms. The number of nitrogens with one attached hydrogen (secondary N) is 1. The lowest BCUT2D eigenvalue weighted by molar-refractivity contribution is 0.0730. The summed E-state index contributed by atoms with van der Waals surface area (Å²) in [5.74, 6) is 0.697. The number of sulfonamides is 1. The molecule has 0 bridgehead atoms. The van der Waals surface area contributed by atoms with E-state index in [1.807, 2.05) is 24.3 Å². The molecule has 9 heteroatoms. The van der Waals surface area contributed by atoms with E-state index >= 15 is 0 Å². The Morgan fingerprint density at radius 2 is 1.77 bits per heavy atom. The lowest BCUT2D eigenvalue weighted by Crippen LogP contribution is -2.40. The van der Waals surface area contributed by atoms with Crippen molar-refractivity contribution in [2.75, 3.05) is 47.1 Å². The predicted molar refractivity (Wildman–Crippen MR) is 112 cm³/mol. The Morgan fingerprint density at radius 1 is 1.07 bits per heavy atom. The van der Waals surface area contributed by atoms with Crippen molar-refractivity contribution < 1.29 is 27.4 Å². The van der Waals surface area contributed by atoms with Crippen molar-refractivity contribution in [3.63, 3.8) is 0 Å². The highest BCUT2D eigenvalue weighted by Gasteiger charge is 2.28. The van der Waals surface area contributed by atoms with Gasteiger partial charge in [0.1, 0.15) is 11.5 Å². The molecule has 1 heterocycles. The summed E-state index contributed by atoms with van der Waals surface area (Å²) in [6.07, 6.45) is 0.629. The van der Waals surface area contributed by atoms with Gasteiger partial charge < -0.3 is 19.5 Å². The number of benzene rings is 2. The maximum Gasteiger partial charge on any atom is 0.255 e. The van der Waals surface area contributed by atoms with E-state index < -0.39 is 10.0 Å². The fourth-order valence-electron chi connectivity index (χ4n) is 3.17. The summed E-state index contributed by atoms with van der Waals surface area (Å²) in [5.41, 5.74) is 1.23. The van der Waals surface area contributed by atoms with Crippen molar-refractivity contribution in [1.29, 1.82) is 0 Å². The molecule has 0 saturated carbocycles. The maximum absolute atomic E-state index is 12.9. The van der Waals surface area contributed by atoms with Gasteiger partial charge in [0.2, 0.25) is 10.0 Å². The Balaban J connectivity index is 1.71. The van der Waals surface area contributed by atoms with E-state index in [-0.39, 0.29) is 29.5 Å². The zero-order valence-electron chi connectivity index (χ0n) is 17.1. The zero-order chi connectivity index (χ0) is 21.6. The third-order valence-electron chi connectivity index (χ3n) is 4.88. The minimum Gasteiger partial charge on any atom is -0.497 e. The molecule has 2 aromatic carbocycles. The topological polar surface area (TPSA) is 94.2 Å². The smallest absolute Gasteiger partial charge is 0.255 e. The average molecular weight is 435 g/mol. The fourth-order valence-corrected chi connectivity index (χ4v) is 4.60. The van der Waals surface area contributed by atoms with Crippen LogP contribution < -0.4 is 14.8 Å². The highest BCUT2D eigenvalue weighted by atomic mass is 32.2. The summed E-state index contributed by atoms with van der Waals surface area (Å²) in [5, 5.41) is 2.83. The largest absolute Gasteiger partial charge is 0.497 e. The molecule has 1 N–H and O–H groups in total. The minimum atomic E-state index is -3.71. The van der Waals surface area contributed by atoms with E-state index in [4.69, 9.17) is 14.2 Å². The van der Waals surface area contributed by atoms with Gasteiger partial charge in [0.15, 0.2) is 0 Å². The normalized spacial score (nSPS) is 14.9. The summed E-state index contributed by atoms with van der Waals surface area (Å²) >= 11 is 0. The van der Waals surface area contributed by atoms with Gasteiger partial charge in [-0.05, 0) is 42.3 Å². The predicted octanol–water partition coefficient (Wildman–Crippen LogP) is 1.70. The second kappa shape index (κ2) is 9.92. The lowest BCUT2D eigenvalue weighted by Gasteiger charge is -2.26. The standard InChI is InChI=1S/C21H26N2O6S/c1-27-17-5-3-16(4-6-17)9-10-22-21(24)19-15-18(7-8-20(19)28-2)30(25,26)23-11-13-29-14-12-23/h3-8,15H,9-14H2,1-2H3,(H,22,24). The Morgan fingerprint density at radius 3 is 2.40 bits per heavy atom. The van der Waals surface area contributed by atoms with Gasteiger partial charge in [0, 0.05) is 19.6 Å². The quantitative estimate of drug-likeness (QED) is 0.680. The number of hydrogen-bond acceptors (Lipinski definition) is 6. The van der Waals surface area contributed by atoms with Crippen LogP contribution in [0.15, 0.2) is 47.4 Å². The van der Waals surface area contributed by atoms with Gasteiger partial charge >= 0.3 is 0 Å². The van der Waals surface area contributed by atoms with Crippen LogP contribution in [0, 0.1) is 0 Å². The Kier molecular flexibility index (Phi) is 7.30. The number of morpholine rings is 1. The molecule has 0 unspecified atom stereocenters. The number of ether oxygens (including phenoxy) is 3. The summed E-state index contributed by atoms with van der Waals surface area (Å²) in [6.45, 7) is 1.69. The molecular formula is C21H26N2O6S. The number of hydrogen-bond donors (Lipinski definition) is 1. The average Bonchev–Trinajstić information content (AvgIpc) is 2.79. The summed E-state index contributed by atoms with van der Waals surface area (Å²) in [4.78, 5) is 12.8. The summed E-state index contributed by atoms with van der Waals surface area (Å²) < 4.78 is 42.8. The van der Waals surface area contributed by atoms with Crippen molar-refractivity contribution in [1.82, 2.24) is 9.62 Å². The number of carbonyl (C=O) groups is 1. The highest BCUT2D eigenvalue weighted by Crippen LogP contribution is 2.25. The Labute approximate surface area is 176 Å². The second-order valence-corrected chi connectivity index (χ2v) is 8.67. The van der Waals surface area contributed by atoms with E-state index in [0.29, 0.717) is 31.9 Å². The summed E-state index contributed by atoms with van der Waals surface area (Å²) in [6, 6.07) is 11.9. The molecule has 1 saturated heterocycles. The van der Waals surface area contributed by atoms with Gasteiger partial charge in [0.05, 0.1) is 37.9 Å². The van der Waals surface area contributed by atoms with Crippen LogP contribution in [0.4, 0.5) is 0 Å². The molecule has 0 aliphatic carbocycles. The van der Waals surface area contributed by atoms with E-state index in [2.05, 4.69) is 5.32 Å². The van der Waals surface area contributed by atoms with E-state index in [1.165, 1.54) is 29.6 Å². The van der Waals surface area contributed by atoms with Gasteiger partial charge in [-0.25, -0.2) is 8.42 Å². The number of methoxy groups -OCH3 is 2. The van der Waals surface area contributed by atoms with Crippen molar-refractivity contribution in [3.05, 3.63) is 53.6 Å². The molecule has 1 aliphatic rings. The van der Waals surface area contributed by atoms with Gasteiger partial charge in [-0.1, -0.05) is 12.1 Å². The van der Waals surface area contributed by atoms with Crippen LogP contribution in [0.2, 0.25) is 0 Å². The molecule has 1 amide bonds. The first-order valence-electron chi connectivity index (χ1n) is 9.63. The maximum atomic E-state index is 12.9. The second-order valence-electron chi connectivity index (χ2n) is 6.73. The molecule has 8 nitrogen and oxygen atoms in total. The van der Waals surface area contributed by atoms with Crippen LogP contribution in [0.1, 0.15) is 15.9 Å². The van der Waals surface area contributed by atoms with Crippen LogP contribution in [-0.4, -0.2) is 65.7 Å². The molecule has 0 spiro atoms. The zero-order valence-corrected chi connectivity index (χ0v) is 17.9. The molecule has 162 valence electrons. The molecule has 1 fully saturated rings. The molecule has 3 rings (SSSR count). The first kappa shape index (κ1) is 22.1. The monoisotopic (exact) mass is 434 g/mol. The van der Waals surface area contributed by atoms with E-state index in [1.54, 1.807) is 7.11 Å². The summed E-state index contributed by atoms with van der Waals surface area (Å²) in [7, 11) is -0.656. The third kappa shape index (κ3) is 5.10.